The molecular formula is C17H17N3O3S. The van der Waals surface area contributed by atoms with E-state index < -0.39 is 5.76 Å². The standard InChI is InChI=1S/C17H17N3O3S/c1-19-13-9-11(4-5-14(13)23-17(19)22)16(21)20-7-2-3-12(10-20)15-18-6-8-24-15/h4-6,8-9,12H,2-3,7,10H2,1H3/t12-/m1/s1. The van der Waals surface area contributed by atoms with Gasteiger partial charge in [0.05, 0.1) is 10.5 Å². The van der Waals surface area contributed by atoms with E-state index >= 15 is 0 Å². The van der Waals surface area contributed by atoms with E-state index in [2.05, 4.69) is 4.98 Å². The first-order valence-electron chi connectivity index (χ1n) is 7.92. The Morgan fingerprint density at radius 2 is 2.29 bits per heavy atom. The zero-order chi connectivity index (χ0) is 16.7. The molecule has 1 saturated heterocycles. The van der Waals surface area contributed by atoms with Gasteiger partial charge in [-0.1, -0.05) is 0 Å². The van der Waals surface area contributed by atoms with Gasteiger partial charge in [-0.15, -0.1) is 11.3 Å². The highest BCUT2D eigenvalue weighted by molar-refractivity contribution is 7.09. The van der Waals surface area contributed by atoms with Crippen molar-refractivity contribution in [1.82, 2.24) is 14.5 Å². The molecule has 4 rings (SSSR count). The molecule has 0 aliphatic carbocycles. The fourth-order valence-corrected chi connectivity index (χ4v) is 4.01. The van der Waals surface area contributed by atoms with Crippen LogP contribution in [0, 0.1) is 0 Å². The minimum Gasteiger partial charge on any atom is -0.408 e. The van der Waals surface area contributed by atoms with Crippen LogP contribution in [0.1, 0.15) is 34.1 Å². The third kappa shape index (κ3) is 2.54. The number of nitrogens with zero attached hydrogens (tertiary/aromatic N) is 3. The van der Waals surface area contributed by atoms with E-state index in [4.69, 9.17) is 4.42 Å². The maximum atomic E-state index is 12.9. The van der Waals surface area contributed by atoms with Gasteiger partial charge < -0.3 is 9.32 Å². The van der Waals surface area contributed by atoms with Gasteiger partial charge in [-0.2, -0.15) is 0 Å². The molecule has 0 bridgehead atoms. The summed E-state index contributed by atoms with van der Waals surface area (Å²) in [5.74, 6) is -0.118. The Hall–Kier alpha value is -2.41. The fourth-order valence-electron chi connectivity index (χ4n) is 3.24. The van der Waals surface area contributed by atoms with Gasteiger partial charge in [0.2, 0.25) is 0 Å². The fraction of sp³-hybridized carbons (Fsp3) is 0.353. The van der Waals surface area contributed by atoms with Crippen LogP contribution in [0.3, 0.4) is 0 Å². The molecule has 0 radical (unpaired) electrons. The van der Waals surface area contributed by atoms with E-state index in [9.17, 15) is 9.59 Å². The number of amides is 1. The average Bonchev–Trinajstić information content (AvgIpc) is 3.24. The Balaban J connectivity index is 1.61. The van der Waals surface area contributed by atoms with Gasteiger partial charge in [0.1, 0.15) is 0 Å². The van der Waals surface area contributed by atoms with Crippen molar-refractivity contribution >= 4 is 28.3 Å². The Bertz CT molecular complexity index is 942. The van der Waals surface area contributed by atoms with Crippen molar-refractivity contribution in [2.45, 2.75) is 18.8 Å². The lowest BCUT2D eigenvalue weighted by molar-refractivity contribution is 0.0707. The van der Waals surface area contributed by atoms with Crippen molar-refractivity contribution in [2.24, 2.45) is 7.05 Å². The van der Waals surface area contributed by atoms with Crippen molar-refractivity contribution in [2.75, 3.05) is 13.1 Å². The van der Waals surface area contributed by atoms with Gasteiger partial charge in [0.15, 0.2) is 5.58 Å². The number of carbonyl (C=O) groups is 1. The number of hydrogen-bond donors (Lipinski definition) is 0. The Labute approximate surface area is 142 Å². The number of benzene rings is 1. The normalized spacial score (nSPS) is 18.2. The lowest BCUT2D eigenvalue weighted by Gasteiger charge is -2.32. The van der Waals surface area contributed by atoms with Crippen LogP contribution < -0.4 is 5.76 Å². The summed E-state index contributed by atoms with van der Waals surface area (Å²) in [5.41, 5.74) is 1.72. The van der Waals surface area contributed by atoms with Crippen molar-refractivity contribution < 1.29 is 9.21 Å². The molecule has 2 aromatic heterocycles. The molecule has 3 aromatic rings. The molecule has 0 unspecified atom stereocenters. The predicted molar refractivity (Wildman–Crippen MR) is 91.4 cm³/mol. The quantitative estimate of drug-likeness (QED) is 0.717. The number of rotatable bonds is 2. The Morgan fingerprint density at radius 1 is 1.42 bits per heavy atom. The molecule has 0 N–H and O–H groups in total. The summed E-state index contributed by atoms with van der Waals surface area (Å²) < 4.78 is 6.54. The molecule has 1 atom stereocenters. The van der Waals surface area contributed by atoms with E-state index in [-0.39, 0.29) is 5.91 Å². The Kier molecular flexibility index (Phi) is 3.72. The summed E-state index contributed by atoms with van der Waals surface area (Å²) in [7, 11) is 1.64. The highest BCUT2D eigenvalue weighted by atomic mass is 32.1. The summed E-state index contributed by atoms with van der Waals surface area (Å²) >= 11 is 1.65. The molecule has 1 aliphatic rings. The number of fused-ring (bicyclic) bond motifs is 1. The number of carbonyl (C=O) groups excluding carboxylic acids is 1. The minimum atomic E-state index is -0.420. The zero-order valence-corrected chi connectivity index (χ0v) is 14.1. The molecule has 24 heavy (non-hydrogen) atoms. The third-order valence-electron chi connectivity index (χ3n) is 4.55. The van der Waals surface area contributed by atoms with Gasteiger partial charge in [0, 0.05) is 43.2 Å². The maximum absolute atomic E-state index is 12.9. The van der Waals surface area contributed by atoms with Crippen LogP contribution in [0.25, 0.3) is 11.1 Å². The number of aryl methyl sites for hydroxylation is 1. The molecule has 1 aliphatic heterocycles. The van der Waals surface area contributed by atoms with Crippen molar-refractivity contribution in [3.8, 4) is 0 Å². The number of thiazole rings is 1. The molecule has 7 heteroatoms. The van der Waals surface area contributed by atoms with Gasteiger partial charge in [-0.25, -0.2) is 9.78 Å². The van der Waals surface area contributed by atoms with Crippen molar-refractivity contribution in [1.29, 1.82) is 0 Å². The van der Waals surface area contributed by atoms with Crippen molar-refractivity contribution in [3.63, 3.8) is 0 Å². The first-order valence-corrected chi connectivity index (χ1v) is 8.79. The first-order chi connectivity index (χ1) is 11.6. The SMILES string of the molecule is Cn1c(=O)oc2ccc(C(=O)N3CCC[C@@H](c4nccs4)C3)cc21. The number of likely N-dealkylation sites (tertiary alicyclic amines) is 1. The van der Waals surface area contributed by atoms with Gasteiger partial charge in [-0.3, -0.25) is 9.36 Å². The molecule has 1 aromatic carbocycles. The molecule has 6 nitrogen and oxygen atoms in total. The molecular weight excluding hydrogens is 326 g/mol. The molecule has 3 heterocycles. The first kappa shape index (κ1) is 15.1. The van der Waals surface area contributed by atoms with Crippen LogP contribution in [0.15, 0.2) is 39.0 Å². The van der Waals surface area contributed by atoms with E-state index in [1.54, 1.807) is 36.6 Å². The molecule has 1 fully saturated rings. The molecule has 0 spiro atoms. The van der Waals surface area contributed by atoms with Crippen LogP contribution >= 0.6 is 11.3 Å². The van der Waals surface area contributed by atoms with Crippen LogP contribution in [0.5, 0.6) is 0 Å². The second-order valence-electron chi connectivity index (χ2n) is 6.07. The van der Waals surface area contributed by atoms with Crippen molar-refractivity contribution in [3.05, 3.63) is 50.9 Å². The molecule has 0 saturated carbocycles. The van der Waals surface area contributed by atoms with Gasteiger partial charge in [-0.05, 0) is 31.0 Å². The molecule has 1 amide bonds. The zero-order valence-electron chi connectivity index (χ0n) is 13.3. The number of oxazole rings is 1. The largest absolute Gasteiger partial charge is 0.419 e. The van der Waals surface area contributed by atoms with E-state index in [0.29, 0.717) is 29.1 Å². The topological polar surface area (TPSA) is 68.3 Å². The third-order valence-corrected chi connectivity index (χ3v) is 5.49. The summed E-state index contributed by atoms with van der Waals surface area (Å²) in [4.78, 5) is 30.7. The summed E-state index contributed by atoms with van der Waals surface area (Å²) in [5, 5.41) is 3.07. The smallest absolute Gasteiger partial charge is 0.408 e. The van der Waals surface area contributed by atoms with Crippen LogP contribution in [-0.2, 0) is 7.05 Å². The van der Waals surface area contributed by atoms with Crippen LogP contribution in [-0.4, -0.2) is 33.4 Å². The number of hydrogen-bond acceptors (Lipinski definition) is 5. The minimum absolute atomic E-state index is 0.00759. The van der Waals surface area contributed by atoms with Crippen LogP contribution in [0.2, 0.25) is 0 Å². The van der Waals surface area contributed by atoms with E-state index in [0.717, 1.165) is 24.4 Å². The Morgan fingerprint density at radius 3 is 3.08 bits per heavy atom. The lowest BCUT2D eigenvalue weighted by atomic mass is 9.98. The number of aromatic nitrogens is 2. The van der Waals surface area contributed by atoms with Crippen LogP contribution in [0.4, 0.5) is 0 Å². The van der Waals surface area contributed by atoms with E-state index in [1.165, 1.54) is 4.57 Å². The maximum Gasteiger partial charge on any atom is 0.419 e. The second kappa shape index (κ2) is 5.90. The lowest BCUT2D eigenvalue weighted by Crippen LogP contribution is -2.39. The summed E-state index contributed by atoms with van der Waals surface area (Å²) in [6.45, 7) is 1.44. The molecule has 124 valence electrons. The van der Waals surface area contributed by atoms with Gasteiger partial charge in [0.25, 0.3) is 5.91 Å². The summed E-state index contributed by atoms with van der Waals surface area (Å²) in [6.07, 6.45) is 3.85. The average molecular weight is 343 g/mol. The van der Waals surface area contributed by atoms with Gasteiger partial charge >= 0.3 is 5.76 Å². The second-order valence-corrected chi connectivity index (χ2v) is 7.00. The highest BCUT2D eigenvalue weighted by Crippen LogP contribution is 2.29. The predicted octanol–water partition coefficient (Wildman–Crippen LogP) is 2.61. The summed E-state index contributed by atoms with van der Waals surface area (Å²) in [6, 6.07) is 5.14. The number of piperidine rings is 1. The highest BCUT2D eigenvalue weighted by Gasteiger charge is 2.27. The monoisotopic (exact) mass is 343 g/mol. The van der Waals surface area contributed by atoms with E-state index in [1.807, 2.05) is 16.5 Å².